The van der Waals surface area contributed by atoms with Crippen molar-refractivity contribution in [1.82, 2.24) is 10.6 Å². The van der Waals surface area contributed by atoms with Gasteiger partial charge in [-0.3, -0.25) is 19.2 Å². The summed E-state index contributed by atoms with van der Waals surface area (Å²) in [4.78, 5) is 50.2. The Morgan fingerprint density at radius 2 is 1.76 bits per heavy atom. The van der Waals surface area contributed by atoms with Crippen LogP contribution in [0.5, 0.6) is 11.5 Å². The molecule has 10 heteroatoms. The predicted octanol–water partition coefficient (Wildman–Crippen LogP) is 3.23. The Morgan fingerprint density at radius 3 is 2.35 bits per heavy atom. The van der Waals surface area contributed by atoms with Gasteiger partial charge in [-0.1, -0.05) is 33.1 Å². The van der Waals surface area contributed by atoms with Crippen molar-refractivity contribution in [3.8, 4) is 11.5 Å². The topological polar surface area (TPSA) is 131 Å². The lowest BCUT2D eigenvalue weighted by Gasteiger charge is -2.25. The fourth-order valence-corrected chi connectivity index (χ4v) is 5.60. The van der Waals surface area contributed by atoms with Gasteiger partial charge in [-0.2, -0.15) is 11.8 Å². The third-order valence-corrected chi connectivity index (χ3v) is 7.71. The van der Waals surface area contributed by atoms with Gasteiger partial charge in [-0.15, -0.1) is 0 Å². The molecular weight excluding hydrogens is 496 g/mol. The molecule has 1 aromatic carbocycles. The van der Waals surface area contributed by atoms with Crippen LogP contribution in [0, 0.1) is 11.8 Å². The Kier molecular flexibility index (Phi) is 12.8. The summed E-state index contributed by atoms with van der Waals surface area (Å²) < 4.78 is 10.5. The fourth-order valence-electron chi connectivity index (χ4n) is 4.41. The van der Waals surface area contributed by atoms with E-state index in [9.17, 15) is 24.3 Å². The lowest BCUT2D eigenvalue weighted by molar-refractivity contribution is -0.140. The maximum atomic E-state index is 13.1. The second-order valence-electron chi connectivity index (χ2n) is 9.79. The molecule has 1 saturated carbocycles. The summed E-state index contributed by atoms with van der Waals surface area (Å²) in [6, 6.07) is 3.01. The minimum Gasteiger partial charge on any atom is -0.497 e. The fraction of sp³-hybridized carbons (Fsp3) is 0.630. The number of thioether (sulfide) groups is 1. The van der Waals surface area contributed by atoms with Crippen LogP contribution in [0.25, 0.3) is 0 Å². The van der Waals surface area contributed by atoms with Crippen LogP contribution in [0.1, 0.15) is 57.9 Å². The van der Waals surface area contributed by atoms with Gasteiger partial charge >= 0.3 is 5.97 Å². The first-order chi connectivity index (χ1) is 17.6. The predicted molar refractivity (Wildman–Crippen MR) is 143 cm³/mol. The second-order valence-corrected chi connectivity index (χ2v) is 10.8. The lowest BCUT2D eigenvalue weighted by atomic mass is 9.91. The highest BCUT2D eigenvalue weighted by Crippen LogP contribution is 2.27. The van der Waals surface area contributed by atoms with Gasteiger partial charge in [0.15, 0.2) is 5.78 Å². The molecule has 2 unspecified atom stereocenters. The SMILES string of the molecule is COc1ccc(OC)c(CC(=O)NC(C(=O)NC(CC(=O)O)C(=O)CSCC2CCCCC2)C(C)C)c1. The molecule has 0 aromatic heterocycles. The molecular formula is C27H40N2O7S. The number of benzene rings is 1. The summed E-state index contributed by atoms with van der Waals surface area (Å²) in [7, 11) is 3.02. The van der Waals surface area contributed by atoms with E-state index in [1.165, 1.54) is 45.2 Å². The average Bonchev–Trinajstić information content (AvgIpc) is 2.86. The largest absolute Gasteiger partial charge is 0.497 e. The van der Waals surface area contributed by atoms with Gasteiger partial charge in [0.1, 0.15) is 17.5 Å². The number of methoxy groups -OCH3 is 2. The molecule has 3 N–H and O–H groups in total. The molecule has 0 radical (unpaired) electrons. The normalized spacial score (nSPS) is 15.5. The van der Waals surface area contributed by atoms with E-state index < -0.39 is 36.3 Å². The van der Waals surface area contributed by atoms with Gasteiger partial charge in [0.25, 0.3) is 0 Å². The standard InChI is InChI=1S/C27H40N2O7S/c1-17(2)26(29-24(31)13-19-12-20(35-3)10-11-23(19)36-4)27(34)28-21(14-25(32)33)22(30)16-37-15-18-8-6-5-7-9-18/h10-12,17-18,21,26H,5-9,13-16H2,1-4H3,(H,28,34)(H,29,31)(H,32,33). The first kappa shape index (κ1) is 30.5. The third-order valence-electron chi connectivity index (χ3n) is 6.51. The molecule has 2 amide bonds. The Balaban J connectivity index is 2.00. The molecule has 2 rings (SSSR count). The van der Waals surface area contributed by atoms with Gasteiger partial charge in [0.05, 0.1) is 38.9 Å². The number of Topliss-reactive ketones (excluding diaryl/α,β-unsaturated/α-hetero) is 1. The van der Waals surface area contributed by atoms with Crippen molar-refractivity contribution < 1.29 is 33.8 Å². The van der Waals surface area contributed by atoms with Crippen LogP contribution in [0.15, 0.2) is 18.2 Å². The van der Waals surface area contributed by atoms with Crippen LogP contribution >= 0.6 is 11.8 Å². The summed E-state index contributed by atoms with van der Waals surface area (Å²) in [5.74, 6) is -0.126. The van der Waals surface area contributed by atoms with Crippen molar-refractivity contribution in [2.24, 2.45) is 11.8 Å². The van der Waals surface area contributed by atoms with Crippen molar-refractivity contribution in [3.63, 3.8) is 0 Å². The molecule has 1 aromatic rings. The highest BCUT2D eigenvalue weighted by Gasteiger charge is 2.30. The van der Waals surface area contributed by atoms with Crippen LogP contribution in [0.3, 0.4) is 0 Å². The Bertz CT molecular complexity index is 931. The number of ketones is 1. The highest BCUT2D eigenvalue weighted by atomic mass is 32.2. The van der Waals surface area contributed by atoms with Gasteiger partial charge in [0, 0.05) is 5.56 Å². The number of hydrogen-bond donors (Lipinski definition) is 3. The van der Waals surface area contributed by atoms with Crippen LogP contribution in [-0.2, 0) is 25.6 Å². The molecule has 1 aliphatic rings. The number of aliphatic carboxylic acids is 1. The van der Waals surface area contributed by atoms with Crippen molar-refractivity contribution in [2.75, 3.05) is 25.7 Å². The van der Waals surface area contributed by atoms with Gasteiger partial charge in [0.2, 0.25) is 11.8 Å². The molecule has 0 bridgehead atoms. The number of carbonyl (C=O) groups excluding carboxylic acids is 3. The number of ether oxygens (including phenoxy) is 2. The summed E-state index contributed by atoms with van der Waals surface area (Å²) >= 11 is 1.50. The number of rotatable bonds is 15. The van der Waals surface area contributed by atoms with Gasteiger partial charge < -0.3 is 25.2 Å². The molecule has 0 spiro atoms. The zero-order valence-corrected chi connectivity index (χ0v) is 23.0. The minimum absolute atomic E-state index is 0.0494. The van der Waals surface area contributed by atoms with E-state index >= 15 is 0 Å². The zero-order valence-electron chi connectivity index (χ0n) is 22.2. The van der Waals surface area contributed by atoms with E-state index in [1.54, 1.807) is 32.0 Å². The second kappa shape index (κ2) is 15.5. The van der Waals surface area contributed by atoms with E-state index in [2.05, 4.69) is 10.6 Å². The number of hydrogen-bond acceptors (Lipinski definition) is 7. The highest BCUT2D eigenvalue weighted by molar-refractivity contribution is 7.99. The Hall–Kier alpha value is -2.75. The summed E-state index contributed by atoms with van der Waals surface area (Å²) in [5.41, 5.74) is 0.594. The van der Waals surface area contributed by atoms with E-state index in [1.807, 2.05) is 0 Å². The van der Waals surface area contributed by atoms with Crippen LogP contribution in [-0.4, -0.2) is 66.5 Å². The Labute approximate surface area is 223 Å². The van der Waals surface area contributed by atoms with Crippen molar-refractivity contribution in [2.45, 2.75) is 70.9 Å². The molecule has 0 heterocycles. The summed E-state index contributed by atoms with van der Waals surface area (Å²) in [5, 5.41) is 14.6. The number of carbonyl (C=O) groups is 4. The van der Waals surface area contributed by atoms with Crippen LogP contribution in [0.2, 0.25) is 0 Å². The number of amides is 2. The van der Waals surface area contributed by atoms with E-state index in [-0.39, 0.29) is 23.9 Å². The van der Waals surface area contributed by atoms with E-state index in [0.717, 1.165) is 18.6 Å². The quantitative estimate of drug-likeness (QED) is 0.311. The van der Waals surface area contributed by atoms with Crippen LogP contribution < -0.4 is 20.1 Å². The molecule has 1 fully saturated rings. The zero-order chi connectivity index (χ0) is 27.4. The molecule has 37 heavy (non-hydrogen) atoms. The van der Waals surface area contributed by atoms with Gasteiger partial charge in [-0.25, -0.2) is 0 Å². The molecule has 206 valence electrons. The van der Waals surface area contributed by atoms with E-state index in [4.69, 9.17) is 9.47 Å². The monoisotopic (exact) mass is 536 g/mol. The molecule has 0 saturated heterocycles. The van der Waals surface area contributed by atoms with Crippen molar-refractivity contribution in [3.05, 3.63) is 23.8 Å². The first-order valence-corrected chi connectivity index (χ1v) is 13.9. The first-order valence-electron chi connectivity index (χ1n) is 12.8. The maximum Gasteiger partial charge on any atom is 0.305 e. The molecule has 9 nitrogen and oxygen atoms in total. The Morgan fingerprint density at radius 1 is 1.05 bits per heavy atom. The third kappa shape index (κ3) is 10.3. The maximum absolute atomic E-state index is 13.1. The molecule has 0 aliphatic heterocycles. The minimum atomic E-state index is -1.17. The summed E-state index contributed by atoms with van der Waals surface area (Å²) in [6.07, 6.45) is 5.45. The van der Waals surface area contributed by atoms with Crippen molar-refractivity contribution in [1.29, 1.82) is 0 Å². The van der Waals surface area contributed by atoms with Crippen molar-refractivity contribution >= 4 is 35.3 Å². The molecule has 1 aliphatic carbocycles. The number of carboxylic acids is 1. The molecule has 2 atom stereocenters. The van der Waals surface area contributed by atoms with Gasteiger partial charge in [-0.05, 0) is 48.6 Å². The average molecular weight is 537 g/mol. The smallest absolute Gasteiger partial charge is 0.305 e. The lowest BCUT2D eigenvalue weighted by Crippen LogP contribution is -2.54. The summed E-state index contributed by atoms with van der Waals surface area (Å²) in [6.45, 7) is 3.54. The number of nitrogens with one attached hydrogen (secondary N) is 2. The van der Waals surface area contributed by atoms with E-state index in [0.29, 0.717) is 23.0 Å². The van der Waals surface area contributed by atoms with Crippen LogP contribution in [0.4, 0.5) is 0 Å². The number of carboxylic acid groups (broad SMARTS) is 1.